The maximum Gasteiger partial charge on any atom is 0.338 e. The molecule has 8 heteroatoms. The van der Waals surface area contributed by atoms with E-state index in [1.165, 1.54) is 12.1 Å². The highest BCUT2D eigenvalue weighted by molar-refractivity contribution is 5.93. The third-order valence-electron chi connectivity index (χ3n) is 4.81. The molecule has 1 aliphatic rings. The molecule has 1 fully saturated rings. The van der Waals surface area contributed by atoms with Crippen LogP contribution < -0.4 is 10.6 Å². The number of benzene rings is 2. The first-order chi connectivity index (χ1) is 14.0. The average Bonchev–Trinajstić information content (AvgIpc) is 3.24. The molecular formula is C21H23N3O5. The zero-order valence-corrected chi connectivity index (χ0v) is 15.9. The Kier molecular flexibility index (Phi) is 6.78. The molecule has 0 radical (unpaired) electrons. The molecule has 152 valence electrons. The van der Waals surface area contributed by atoms with Gasteiger partial charge in [-0.15, -0.1) is 0 Å². The van der Waals surface area contributed by atoms with Crippen LogP contribution in [-0.4, -0.2) is 29.4 Å². The van der Waals surface area contributed by atoms with Gasteiger partial charge in [-0.3, -0.25) is 14.9 Å². The zero-order valence-electron chi connectivity index (χ0n) is 15.9. The molecule has 0 spiro atoms. The highest BCUT2D eigenvalue weighted by atomic mass is 16.6. The first kappa shape index (κ1) is 20.3. The average molecular weight is 397 g/mol. The van der Waals surface area contributed by atoms with Gasteiger partial charge in [0, 0.05) is 18.7 Å². The van der Waals surface area contributed by atoms with Gasteiger partial charge < -0.3 is 15.4 Å². The van der Waals surface area contributed by atoms with Crippen LogP contribution in [0.3, 0.4) is 0 Å². The van der Waals surface area contributed by atoms with E-state index >= 15 is 0 Å². The largest absolute Gasteiger partial charge is 0.452 e. The Morgan fingerprint density at radius 1 is 1.10 bits per heavy atom. The minimum atomic E-state index is -0.774. The number of carbonyl (C=O) groups excluding carboxylic acids is 2. The number of nitrogens with zero attached hydrogens (tertiary/aromatic N) is 1. The van der Waals surface area contributed by atoms with E-state index in [1.54, 1.807) is 0 Å². The fourth-order valence-electron chi connectivity index (χ4n) is 3.31. The summed E-state index contributed by atoms with van der Waals surface area (Å²) in [7, 11) is 0. The van der Waals surface area contributed by atoms with Crippen LogP contribution in [0.4, 0.5) is 11.4 Å². The lowest BCUT2D eigenvalue weighted by atomic mass is 10.1. The molecule has 1 amide bonds. The summed E-state index contributed by atoms with van der Waals surface area (Å²) in [5.41, 5.74) is 1.06. The van der Waals surface area contributed by atoms with Gasteiger partial charge >= 0.3 is 5.97 Å². The lowest BCUT2D eigenvalue weighted by Crippen LogP contribution is -2.35. The standard InChI is InChI=1S/C21H23N3O5/c25-20(23-17-8-4-5-9-17)14-29-21(26)16-10-11-18(19(12-16)24(27)28)22-13-15-6-2-1-3-7-15/h1-3,6-7,10-12,17,22H,4-5,8-9,13-14H2,(H,23,25). The minimum absolute atomic E-state index is 0.0237. The van der Waals surface area contributed by atoms with E-state index < -0.39 is 17.5 Å². The van der Waals surface area contributed by atoms with Crippen LogP contribution in [0.15, 0.2) is 48.5 Å². The molecule has 0 atom stereocenters. The maximum absolute atomic E-state index is 12.2. The molecule has 1 saturated carbocycles. The van der Waals surface area contributed by atoms with Gasteiger partial charge in [-0.2, -0.15) is 0 Å². The van der Waals surface area contributed by atoms with Gasteiger partial charge in [0.25, 0.3) is 11.6 Å². The van der Waals surface area contributed by atoms with Crippen molar-refractivity contribution in [1.82, 2.24) is 5.32 Å². The second-order valence-electron chi connectivity index (χ2n) is 6.95. The number of nitro groups is 1. The van der Waals surface area contributed by atoms with Gasteiger partial charge in [0.05, 0.1) is 10.5 Å². The molecule has 3 rings (SSSR count). The van der Waals surface area contributed by atoms with Gasteiger partial charge in [-0.05, 0) is 30.5 Å². The highest BCUT2D eigenvalue weighted by Gasteiger charge is 2.20. The second-order valence-corrected chi connectivity index (χ2v) is 6.95. The van der Waals surface area contributed by atoms with E-state index in [2.05, 4.69) is 10.6 Å². The van der Waals surface area contributed by atoms with Crippen molar-refractivity contribution in [2.75, 3.05) is 11.9 Å². The summed E-state index contributed by atoms with van der Waals surface area (Å²) < 4.78 is 5.01. The lowest BCUT2D eigenvalue weighted by molar-refractivity contribution is -0.384. The molecule has 0 aromatic heterocycles. The SMILES string of the molecule is O=C(COC(=O)c1ccc(NCc2ccccc2)c([N+](=O)[O-])c1)NC1CCCC1. The number of amides is 1. The Bertz CT molecular complexity index is 879. The monoisotopic (exact) mass is 397 g/mol. The van der Waals surface area contributed by atoms with E-state index in [9.17, 15) is 19.7 Å². The number of rotatable bonds is 8. The van der Waals surface area contributed by atoms with Crippen LogP contribution in [0.2, 0.25) is 0 Å². The minimum Gasteiger partial charge on any atom is -0.452 e. The quantitative estimate of drug-likeness (QED) is 0.401. The van der Waals surface area contributed by atoms with Crippen LogP contribution >= 0.6 is 0 Å². The number of esters is 1. The van der Waals surface area contributed by atoms with Crippen molar-refractivity contribution in [3.63, 3.8) is 0 Å². The summed E-state index contributed by atoms with van der Waals surface area (Å²) in [5.74, 6) is -1.13. The molecule has 1 aliphatic carbocycles. The van der Waals surface area contributed by atoms with E-state index in [1.807, 2.05) is 30.3 Å². The van der Waals surface area contributed by atoms with E-state index in [0.717, 1.165) is 37.3 Å². The highest BCUT2D eigenvalue weighted by Crippen LogP contribution is 2.26. The first-order valence-corrected chi connectivity index (χ1v) is 9.55. The number of nitro benzene ring substituents is 1. The van der Waals surface area contributed by atoms with Gasteiger partial charge in [-0.1, -0.05) is 43.2 Å². The van der Waals surface area contributed by atoms with Crippen LogP contribution in [0.5, 0.6) is 0 Å². The Morgan fingerprint density at radius 2 is 1.83 bits per heavy atom. The number of nitrogens with one attached hydrogen (secondary N) is 2. The molecule has 0 unspecified atom stereocenters. The van der Waals surface area contributed by atoms with Crippen LogP contribution in [0.25, 0.3) is 0 Å². The van der Waals surface area contributed by atoms with Crippen LogP contribution in [-0.2, 0) is 16.1 Å². The molecule has 0 saturated heterocycles. The first-order valence-electron chi connectivity index (χ1n) is 9.55. The normalized spacial score (nSPS) is 13.7. The molecule has 0 heterocycles. The smallest absolute Gasteiger partial charge is 0.338 e. The summed E-state index contributed by atoms with van der Waals surface area (Å²) in [6.07, 6.45) is 4.03. The van der Waals surface area contributed by atoms with Crippen molar-refractivity contribution in [1.29, 1.82) is 0 Å². The fourth-order valence-corrected chi connectivity index (χ4v) is 3.31. The van der Waals surface area contributed by atoms with Crippen molar-refractivity contribution in [2.24, 2.45) is 0 Å². The lowest BCUT2D eigenvalue weighted by Gasteiger charge is -2.12. The Labute approximate surface area is 168 Å². The molecule has 29 heavy (non-hydrogen) atoms. The molecule has 0 aliphatic heterocycles. The summed E-state index contributed by atoms with van der Waals surface area (Å²) >= 11 is 0. The number of carbonyl (C=O) groups is 2. The zero-order chi connectivity index (χ0) is 20.6. The van der Waals surface area contributed by atoms with Gasteiger partial charge in [0.1, 0.15) is 5.69 Å². The molecule has 2 N–H and O–H groups in total. The number of hydrogen-bond donors (Lipinski definition) is 2. The van der Waals surface area contributed by atoms with E-state index in [-0.39, 0.29) is 23.2 Å². The topological polar surface area (TPSA) is 111 Å². The van der Waals surface area contributed by atoms with Crippen molar-refractivity contribution >= 4 is 23.3 Å². The fraction of sp³-hybridized carbons (Fsp3) is 0.333. The molecular weight excluding hydrogens is 374 g/mol. The molecule has 2 aromatic rings. The van der Waals surface area contributed by atoms with Crippen LogP contribution in [0, 0.1) is 10.1 Å². The molecule has 8 nitrogen and oxygen atoms in total. The van der Waals surface area contributed by atoms with E-state index in [4.69, 9.17) is 4.74 Å². The van der Waals surface area contributed by atoms with Crippen molar-refractivity contribution in [3.05, 3.63) is 69.8 Å². The van der Waals surface area contributed by atoms with E-state index in [0.29, 0.717) is 12.2 Å². The second kappa shape index (κ2) is 9.68. The summed E-state index contributed by atoms with van der Waals surface area (Å²) in [6, 6.07) is 13.7. The molecule has 0 bridgehead atoms. The van der Waals surface area contributed by atoms with Crippen LogP contribution in [0.1, 0.15) is 41.6 Å². The van der Waals surface area contributed by atoms with Gasteiger partial charge in [0.15, 0.2) is 6.61 Å². The van der Waals surface area contributed by atoms with Gasteiger partial charge in [0.2, 0.25) is 0 Å². The third-order valence-corrected chi connectivity index (χ3v) is 4.81. The van der Waals surface area contributed by atoms with Gasteiger partial charge in [-0.25, -0.2) is 4.79 Å². The number of anilines is 1. The summed E-state index contributed by atoms with van der Waals surface area (Å²) in [4.78, 5) is 34.9. The number of ether oxygens (including phenoxy) is 1. The third kappa shape index (κ3) is 5.78. The Hall–Kier alpha value is -3.42. The predicted octanol–water partition coefficient (Wildman–Crippen LogP) is 3.42. The number of hydrogen-bond acceptors (Lipinski definition) is 6. The van der Waals surface area contributed by atoms with Crippen molar-refractivity contribution in [2.45, 2.75) is 38.3 Å². The summed E-state index contributed by atoms with van der Waals surface area (Å²) in [5, 5.41) is 17.2. The van der Waals surface area contributed by atoms with Crippen molar-refractivity contribution in [3.8, 4) is 0 Å². The predicted molar refractivity (Wildman–Crippen MR) is 108 cm³/mol. The Balaban J connectivity index is 1.60. The van der Waals surface area contributed by atoms with Crippen molar-refractivity contribution < 1.29 is 19.2 Å². The molecule has 2 aromatic carbocycles. The maximum atomic E-state index is 12.2. The summed E-state index contributed by atoms with van der Waals surface area (Å²) in [6.45, 7) is 0.00392. The Morgan fingerprint density at radius 3 is 2.52 bits per heavy atom.